The van der Waals surface area contributed by atoms with Crippen LogP contribution >= 0.6 is 0 Å². The number of rotatable bonds is 0. The Morgan fingerprint density at radius 3 is 2.00 bits per heavy atom. The minimum Gasteiger partial charge on any atom is -0.366 e. The summed E-state index contributed by atoms with van der Waals surface area (Å²) in [5, 5.41) is 3.32. The Morgan fingerprint density at radius 2 is 1.73 bits per heavy atom. The summed E-state index contributed by atoms with van der Waals surface area (Å²) in [6.07, 6.45) is 2.97. The first-order valence-electron chi connectivity index (χ1n) is 4.72. The van der Waals surface area contributed by atoms with Crippen molar-refractivity contribution in [1.29, 1.82) is 0 Å². The number of epoxide rings is 1. The van der Waals surface area contributed by atoms with E-state index in [1.54, 1.807) is 0 Å². The molecule has 0 saturated carbocycles. The third kappa shape index (κ3) is 1.74. The average Bonchev–Trinajstić information content (AvgIpc) is 2.67. The van der Waals surface area contributed by atoms with E-state index in [1.165, 1.54) is 12.8 Å². The van der Waals surface area contributed by atoms with Gasteiger partial charge in [0.2, 0.25) is 0 Å². The Hall–Kier alpha value is -0.0800. The molecular formula is C9H19NO. The van der Waals surface area contributed by atoms with Crippen LogP contribution in [-0.2, 0) is 4.74 Å². The molecule has 2 aliphatic heterocycles. The van der Waals surface area contributed by atoms with Gasteiger partial charge in [-0.1, -0.05) is 13.8 Å². The second-order valence-corrected chi connectivity index (χ2v) is 3.07. The van der Waals surface area contributed by atoms with Crippen molar-refractivity contribution >= 4 is 0 Å². The van der Waals surface area contributed by atoms with Crippen LogP contribution < -0.4 is 5.32 Å². The summed E-state index contributed by atoms with van der Waals surface area (Å²) in [4.78, 5) is 0. The number of ether oxygens (including phenoxy) is 1. The Morgan fingerprint density at radius 1 is 1.27 bits per heavy atom. The van der Waals surface area contributed by atoms with Gasteiger partial charge in [-0.2, -0.15) is 0 Å². The monoisotopic (exact) mass is 157 g/mol. The Balaban J connectivity index is 0.000000281. The van der Waals surface area contributed by atoms with E-state index >= 15 is 0 Å². The highest BCUT2D eigenvalue weighted by Crippen LogP contribution is 2.43. The van der Waals surface area contributed by atoms with Crippen LogP contribution in [-0.4, -0.2) is 24.8 Å². The van der Waals surface area contributed by atoms with Crippen LogP contribution in [0.15, 0.2) is 0 Å². The van der Waals surface area contributed by atoms with Gasteiger partial charge >= 0.3 is 0 Å². The quantitative estimate of drug-likeness (QED) is 0.540. The number of nitrogens with one attached hydrogen (secondary N) is 1. The van der Waals surface area contributed by atoms with Crippen molar-refractivity contribution in [2.45, 2.75) is 45.3 Å². The lowest BCUT2D eigenvalue weighted by molar-refractivity contribution is 0.243. The van der Waals surface area contributed by atoms with Crippen LogP contribution in [0.1, 0.15) is 33.6 Å². The topological polar surface area (TPSA) is 24.6 Å². The van der Waals surface area contributed by atoms with Crippen LogP contribution in [0.2, 0.25) is 0 Å². The van der Waals surface area contributed by atoms with Crippen molar-refractivity contribution in [3.05, 3.63) is 0 Å². The molecule has 2 nitrogen and oxygen atoms in total. The van der Waals surface area contributed by atoms with Gasteiger partial charge in [0.25, 0.3) is 0 Å². The van der Waals surface area contributed by atoms with Crippen molar-refractivity contribution < 1.29 is 4.74 Å². The smallest absolute Gasteiger partial charge is 0.0969 e. The van der Waals surface area contributed by atoms with E-state index in [0.717, 1.165) is 13.1 Å². The van der Waals surface area contributed by atoms with E-state index in [9.17, 15) is 0 Å². The minimum atomic E-state index is 0.325. The highest BCUT2D eigenvalue weighted by molar-refractivity contribution is 5.02. The van der Waals surface area contributed by atoms with Crippen LogP contribution in [0, 0.1) is 0 Å². The molecular weight excluding hydrogens is 138 g/mol. The minimum absolute atomic E-state index is 0.325. The predicted octanol–water partition coefficient (Wildman–Crippen LogP) is 1.55. The number of piperidine rings is 1. The van der Waals surface area contributed by atoms with Gasteiger partial charge in [0.15, 0.2) is 0 Å². The van der Waals surface area contributed by atoms with Gasteiger partial charge in [-0.05, 0) is 32.9 Å². The zero-order valence-electron chi connectivity index (χ0n) is 7.81. The molecule has 0 bridgehead atoms. The zero-order chi connectivity index (χ0) is 8.32. The first-order chi connectivity index (χ1) is 5.33. The standard InChI is InChI=1S/C7H13NO.C2H6/c1-6-7(9-6)2-4-8-5-3-7;1-2/h6,8H,2-5H2,1H3;1-2H3. The van der Waals surface area contributed by atoms with E-state index in [0.29, 0.717) is 11.7 Å². The molecule has 11 heavy (non-hydrogen) atoms. The number of hydrogen-bond acceptors (Lipinski definition) is 2. The summed E-state index contributed by atoms with van der Waals surface area (Å²) in [7, 11) is 0. The largest absolute Gasteiger partial charge is 0.366 e. The molecule has 0 aromatic heterocycles. The average molecular weight is 157 g/mol. The summed E-state index contributed by atoms with van der Waals surface area (Å²) in [5.74, 6) is 0. The zero-order valence-corrected chi connectivity index (χ0v) is 7.81. The fourth-order valence-corrected chi connectivity index (χ4v) is 1.69. The molecule has 0 amide bonds. The first-order valence-corrected chi connectivity index (χ1v) is 4.72. The van der Waals surface area contributed by atoms with Crippen LogP contribution in [0.3, 0.4) is 0 Å². The normalized spacial score (nSPS) is 32.5. The van der Waals surface area contributed by atoms with Crippen molar-refractivity contribution in [3.63, 3.8) is 0 Å². The molecule has 2 fully saturated rings. The van der Waals surface area contributed by atoms with Gasteiger partial charge in [-0.25, -0.2) is 0 Å². The number of hydrogen-bond donors (Lipinski definition) is 1. The summed E-state index contributed by atoms with van der Waals surface area (Å²) >= 11 is 0. The molecule has 1 N–H and O–H groups in total. The van der Waals surface area contributed by atoms with E-state index in [-0.39, 0.29) is 0 Å². The van der Waals surface area contributed by atoms with Crippen molar-refractivity contribution in [1.82, 2.24) is 5.32 Å². The molecule has 0 aromatic rings. The molecule has 1 atom stereocenters. The molecule has 2 rings (SSSR count). The van der Waals surface area contributed by atoms with Crippen LogP contribution in [0.5, 0.6) is 0 Å². The SMILES string of the molecule is CC.CC1OC12CCNCC2. The second-order valence-electron chi connectivity index (χ2n) is 3.07. The highest BCUT2D eigenvalue weighted by Gasteiger charge is 2.52. The lowest BCUT2D eigenvalue weighted by atomic mass is 9.95. The lowest BCUT2D eigenvalue weighted by Crippen LogP contribution is -2.34. The maximum absolute atomic E-state index is 5.51. The molecule has 0 radical (unpaired) electrons. The Labute approximate surface area is 69.3 Å². The molecule has 2 heteroatoms. The highest BCUT2D eigenvalue weighted by atomic mass is 16.6. The van der Waals surface area contributed by atoms with Gasteiger partial charge in [-0.15, -0.1) is 0 Å². The summed E-state index contributed by atoms with van der Waals surface area (Å²) in [6.45, 7) is 8.46. The molecule has 0 aromatic carbocycles. The molecule has 1 spiro atoms. The summed E-state index contributed by atoms with van der Waals surface area (Å²) in [5.41, 5.74) is 0.325. The third-order valence-electron chi connectivity index (χ3n) is 2.55. The van der Waals surface area contributed by atoms with Gasteiger partial charge in [0.1, 0.15) is 0 Å². The summed E-state index contributed by atoms with van der Waals surface area (Å²) in [6, 6.07) is 0. The molecule has 66 valence electrons. The fraction of sp³-hybridized carbons (Fsp3) is 1.00. The molecule has 1 unspecified atom stereocenters. The van der Waals surface area contributed by atoms with Crippen molar-refractivity contribution in [2.24, 2.45) is 0 Å². The maximum atomic E-state index is 5.51. The predicted molar refractivity (Wildman–Crippen MR) is 46.7 cm³/mol. The lowest BCUT2D eigenvalue weighted by Gasteiger charge is -2.18. The third-order valence-corrected chi connectivity index (χ3v) is 2.55. The second kappa shape index (κ2) is 3.55. The Kier molecular flexibility index (Phi) is 2.90. The van der Waals surface area contributed by atoms with E-state index < -0.39 is 0 Å². The fourth-order valence-electron chi connectivity index (χ4n) is 1.69. The molecule has 2 heterocycles. The van der Waals surface area contributed by atoms with Gasteiger partial charge in [0.05, 0.1) is 11.7 Å². The molecule has 2 aliphatic rings. The molecule has 0 aliphatic carbocycles. The van der Waals surface area contributed by atoms with Gasteiger partial charge in [-0.3, -0.25) is 0 Å². The van der Waals surface area contributed by atoms with Crippen molar-refractivity contribution in [2.75, 3.05) is 13.1 Å². The van der Waals surface area contributed by atoms with E-state index in [1.807, 2.05) is 13.8 Å². The van der Waals surface area contributed by atoms with Gasteiger partial charge in [0, 0.05) is 0 Å². The summed E-state index contributed by atoms with van der Waals surface area (Å²) < 4.78 is 5.51. The van der Waals surface area contributed by atoms with Gasteiger partial charge < -0.3 is 10.1 Å². The van der Waals surface area contributed by atoms with E-state index in [4.69, 9.17) is 4.74 Å². The molecule has 2 saturated heterocycles. The van der Waals surface area contributed by atoms with Crippen LogP contribution in [0.4, 0.5) is 0 Å². The van der Waals surface area contributed by atoms with E-state index in [2.05, 4.69) is 12.2 Å². The van der Waals surface area contributed by atoms with Crippen molar-refractivity contribution in [3.8, 4) is 0 Å². The Bertz CT molecular complexity index is 119. The maximum Gasteiger partial charge on any atom is 0.0969 e. The first kappa shape index (κ1) is 9.01. The van der Waals surface area contributed by atoms with Crippen LogP contribution in [0.25, 0.3) is 0 Å².